The van der Waals surface area contributed by atoms with Crippen LogP contribution in [0.4, 0.5) is 0 Å². The Kier molecular flexibility index (Phi) is 20.1. The summed E-state index contributed by atoms with van der Waals surface area (Å²) in [6.07, 6.45) is 0. The molecule has 4 heteroatoms. The van der Waals surface area contributed by atoms with Gasteiger partial charge < -0.3 is 4.46 Å². The Morgan fingerprint density at radius 2 is 1.75 bits per heavy atom. The Balaban J connectivity index is 0. The number of hydrogen-bond donors (Lipinski definition) is 0. The average Bonchev–Trinajstić information content (AvgIpc) is 0.918. The van der Waals surface area contributed by atoms with Gasteiger partial charge in [0, 0.05) is 21.1 Å². The number of hydrogen-bond acceptors (Lipinski definition) is 1. The van der Waals surface area contributed by atoms with Gasteiger partial charge in [0.05, 0.1) is 9.76 Å². The molecule has 4 heavy (non-hydrogen) atoms. The Bertz CT molecular complexity index is 13.5. The van der Waals surface area contributed by atoms with E-state index >= 15 is 0 Å². The fraction of sp³-hybridized carbons (Fsp3) is 0. The van der Waals surface area contributed by atoms with Gasteiger partial charge in [-0.25, -0.2) is 0 Å². The molecule has 23 valence electrons. The predicted octanol–water partition coefficient (Wildman–Crippen LogP) is -1.69. The largest absolute Gasteiger partial charge is 0.397 e. The maximum absolute atomic E-state index is 9.03. The van der Waals surface area contributed by atoms with Gasteiger partial charge in [0.1, 0.15) is 0 Å². The third-order valence-corrected chi connectivity index (χ3v) is 0. The van der Waals surface area contributed by atoms with Crippen LogP contribution < -0.4 is 0 Å². The van der Waals surface area contributed by atoms with Crippen molar-refractivity contribution < 1.29 is 25.5 Å². The molecule has 0 bridgehead atoms. The quantitative estimate of drug-likeness (QED) is 0.398. The van der Waals surface area contributed by atoms with Crippen molar-refractivity contribution in [2.24, 2.45) is 0 Å². The summed E-state index contributed by atoms with van der Waals surface area (Å²) in [7, 11) is 1.03. The summed E-state index contributed by atoms with van der Waals surface area (Å²) in [5, 5.41) is 0. The zero-order valence-corrected chi connectivity index (χ0v) is 6.68. The molecule has 0 aliphatic carbocycles. The summed E-state index contributed by atoms with van der Waals surface area (Å²) >= 11 is 0. The maximum atomic E-state index is 9.03. The van der Waals surface area contributed by atoms with Crippen molar-refractivity contribution in [1.82, 2.24) is 0 Å². The van der Waals surface area contributed by atoms with Crippen molar-refractivity contribution in [3.05, 3.63) is 0 Å². The molecule has 0 aliphatic rings. The van der Waals surface area contributed by atoms with Gasteiger partial charge in [-0.2, -0.15) is 0 Å². The van der Waals surface area contributed by atoms with Gasteiger partial charge in [-0.05, 0) is 0 Å². The van der Waals surface area contributed by atoms with E-state index in [0.29, 0.717) is 0 Å². The smallest absolute Gasteiger partial charge is 0.230 e. The summed E-state index contributed by atoms with van der Waals surface area (Å²) in [6, 6.07) is 0. The first-order valence-corrected chi connectivity index (χ1v) is 4.38. The van der Waals surface area contributed by atoms with Crippen molar-refractivity contribution in [3.63, 3.8) is 0 Å². The van der Waals surface area contributed by atoms with E-state index in [2.05, 4.69) is 0 Å². The predicted molar refractivity (Wildman–Crippen MR) is 16.4 cm³/mol. The fourth-order valence-corrected chi connectivity index (χ4v) is 0. The molecule has 1 radical (unpaired) electrons. The minimum Gasteiger partial charge on any atom is -0.397 e. The van der Waals surface area contributed by atoms with Crippen LogP contribution in [0, 0.1) is 0 Å². The molecule has 0 atom stereocenters. The molecule has 0 saturated heterocycles. The average molecular weight is 171 g/mol. The van der Waals surface area contributed by atoms with Crippen LogP contribution in [0.5, 0.6) is 0 Å². The zero-order chi connectivity index (χ0) is 2.71. The van der Waals surface area contributed by atoms with Crippen LogP contribution in [-0.2, 0) is 25.5 Å². The van der Waals surface area contributed by atoms with Crippen molar-refractivity contribution in [2.75, 3.05) is 0 Å². The SMILES string of the molecule is O=[SiH][SiH2].[Mo]. The van der Waals surface area contributed by atoms with Gasteiger partial charge in [0.25, 0.3) is 0 Å². The molecular formula is H3MoOSi2. The van der Waals surface area contributed by atoms with Crippen molar-refractivity contribution in [1.29, 1.82) is 0 Å². The van der Waals surface area contributed by atoms with Gasteiger partial charge in [-0.3, -0.25) is 0 Å². The summed E-state index contributed by atoms with van der Waals surface area (Å²) in [5.41, 5.74) is 0. The molecule has 0 N–H and O–H groups in total. The van der Waals surface area contributed by atoms with Crippen LogP contribution >= 0.6 is 0 Å². The molecule has 0 heterocycles. The second kappa shape index (κ2) is 9.06. The van der Waals surface area contributed by atoms with Crippen LogP contribution in [0.3, 0.4) is 0 Å². The topological polar surface area (TPSA) is 17.1 Å². The van der Waals surface area contributed by atoms with E-state index in [0.717, 1.165) is 0 Å². The Hall–Kier alpha value is 0.922. The second-order valence-electron chi connectivity index (χ2n) is 0.167. The van der Waals surface area contributed by atoms with Gasteiger partial charge >= 0.3 is 0 Å². The molecule has 0 spiro atoms. The van der Waals surface area contributed by atoms with Crippen LogP contribution in [0.15, 0.2) is 0 Å². The van der Waals surface area contributed by atoms with E-state index in [9.17, 15) is 0 Å². The second-order valence-corrected chi connectivity index (χ2v) is 1.50. The van der Waals surface area contributed by atoms with E-state index in [1.807, 2.05) is 0 Å². The normalized spacial score (nSPS) is 3.25. The van der Waals surface area contributed by atoms with Gasteiger partial charge in [0.2, 0.25) is 8.92 Å². The third-order valence-electron chi connectivity index (χ3n) is 0. The Morgan fingerprint density at radius 3 is 1.75 bits per heavy atom. The van der Waals surface area contributed by atoms with E-state index < -0.39 is 8.92 Å². The van der Waals surface area contributed by atoms with Crippen LogP contribution in [0.25, 0.3) is 0 Å². The third kappa shape index (κ3) is 12.7. The van der Waals surface area contributed by atoms with Crippen molar-refractivity contribution in [2.45, 2.75) is 0 Å². The molecular weight excluding hydrogens is 168 g/mol. The summed E-state index contributed by atoms with van der Waals surface area (Å²) in [4.78, 5) is 0. The fourth-order valence-electron chi connectivity index (χ4n) is 0. The molecule has 0 fully saturated rings. The van der Waals surface area contributed by atoms with Crippen LogP contribution in [-0.4, -0.2) is 18.7 Å². The Morgan fingerprint density at radius 1 is 1.75 bits per heavy atom. The molecule has 1 nitrogen and oxygen atoms in total. The minimum absolute atomic E-state index is 0. The van der Waals surface area contributed by atoms with Crippen molar-refractivity contribution in [3.8, 4) is 0 Å². The maximum Gasteiger partial charge on any atom is 0.230 e. The zero-order valence-electron chi connectivity index (χ0n) is 2.10. The van der Waals surface area contributed by atoms with E-state index in [-0.39, 0.29) is 21.1 Å². The summed E-state index contributed by atoms with van der Waals surface area (Å²) < 4.78 is 9.03. The molecule has 0 aliphatic heterocycles. The van der Waals surface area contributed by atoms with Crippen LogP contribution in [0.2, 0.25) is 0 Å². The Labute approximate surface area is 44.5 Å². The van der Waals surface area contributed by atoms with Gasteiger partial charge in [-0.15, -0.1) is 0 Å². The first-order valence-electron chi connectivity index (χ1n) is 0.644. The number of rotatable bonds is 0. The first-order chi connectivity index (χ1) is 1.41. The molecule has 0 aromatic heterocycles. The molecule has 0 rings (SSSR count). The van der Waals surface area contributed by atoms with E-state index in [1.54, 1.807) is 0 Å². The van der Waals surface area contributed by atoms with Crippen LogP contribution in [0.1, 0.15) is 0 Å². The van der Waals surface area contributed by atoms with E-state index in [4.69, 9.17) is 4.46 Å². The molecule has 0 saturated carbocycles. The molecule has 0 amide bonds. The monoisotopic (exact) mass is 173 g/mol. The first kappa shape index (κ1) is 8.87. The summed E-state index contributed by atoms with van der Waals surface area (Å²) in [5.74, 6) is 0. The minimum atomic E-state index is -0.472. The van der Waals surface area contributed by atoms with Crippen molar-refractivity contribution >= 4 is 18.7 Å². The summed E-state index contributed by atoms with van der Waals surface area (Å²) in [6.45, 7) is 0. The van der Waals surface area contributed by atoms with Gasteiger partial charge in [0.15, 0.2) is 0 Å². The van der Waals surface area contributed by atoms with E-state index in [1.165, 1.54) is 9.76 Å². The van der Waals surface area contributed by atoms with Gasteiger partial charge in [-0.1, -0.05) is 0 Å². The molecule has 0 unspecified atom stereocenters. The molecule has 0 aromatic rings. The standard InChI is InChI=1S/Mo.H3OSi2/c;1-3-2/h;3H,2H2. The molecule has 0 aromatic carbocycles.